The van der Waals surface area contributed by atoms with E-state index in [4.69, 9.17) is 4.74 Å². The van der Waals surface area contributed by atoms with Crippen LogP contribution >= 0.6 is 0 Å². The Labute approximate surface area is 147 Å². The fourth-order valence-electron chi connectivity index (χ4n) is 2.46. The molecular formula is C19H20O5S. The molecule has 0 heterocycles. The number of esters is 1. The fraction of sp³-hybridized carbons (Fsp3) is 0.316. The third kappa shape index (κ3) is 4.82. The molecule has 1 aliphatic carbocycles. The number of methoxy groups -OCH3 is 1. The molecule has 0 atom stereocenters. The molecule has 132 valence electrons. The molecule has 0 saturated heterocycles. The summed E-state index contributed by atoms with van der Waals surface area (Å²) in [5.74, 6) is 1.43. The van der Waals surface area contributed by atoms with E-state index >= 15 is 0 Å². The first-order valence-electron chi connectivity index (χ1n) is 8.13. The Kier molecular flexibility index (Phi) is 5.08. The lowest BCUT2D eigenvalue weighted by molar-refractivity contribution is -0.139. The number of rotatable bonds is 7. The number of carbonyl (C=O) groups excluding carboxylic acids is 1. The second kappa shape index (κ2) is 7.27. The smallest absolute Gasteiger partial charge is 0.309 e. The number of carbonyl (C=O) groups is 1. The van der Waals surface area contributed by atoms with Crippen molar-refractivity contribution in [3.63, 3.8) is 0 Å². The number of ether oxygens (including phenoxy) is 2. The van der Waals surface area contributed by atoms with Crippen LogP contribution in [0.25, 0.3) is 0 Å². The van der Waals surface area contributed by atoms with Crippen molar-refractivity contribution < 1.29 is 22.7 Å². The van der Waals surface area contributed by atoms with Crippen LogP contribution in [0.1, 0.15) is 18.4 Å². The van der Waals surface area contributed by atoms with Gasteiger partial charge in [-0.2, -0.15) is 0 Å². The quantitative estimate of drug-likeness (QED) is 0.708. The molecule has 0 aliphatic heterocycles. The molecule has 0 N–H and O–H groups in total. The van der Waals surface area contributed by atoms with Crippen molar-refractivity contribution in [2.24, 2.45) is 5.92 Å². The average Bonchev–Trinajstić information content (AvgIpc) is 3.40. The van der Waals surface area contributed by atoms with Crippen LogP contribution in [-0.2, 0) is 25.8 Å². The van der Waals surface area contributed by atoms with Crippen LogP contribution in [0, 0.1) is 5.92 Å². The molecule has 1 fully saturated rings. The number of benzene rings is 2. The summed E-state index contributed by atoms with van der Waals surface area (Å²) >= 11 is 0. The van der Waals surface area contributed by atoms with Gasteiger partial charge in [-0.05, 0) is 60.7 Å². The lowest BCUT2D eigenvalue weighted by Crippen LogP contribution is -2.08. The second-order valence-corrected chi connectivity index (χ2v) is 8.23. The minimum Gasteiger partial charge on any atom is -0.469 e. The molecule has 1 aliphatic rings. The highest BCUT2D eigenvalue weighted by molar-refractivity contribution is 7.91. The molecule has 0 radical (unpaired) electrons. The fourth-order valence-corrected chi connectivity index (χ4v) is 4.15. The van der Waals surface area contributed by atoms with Crippen LogP contribution in [0.2, 0.25) is 0 Å². The third-order valence-corrected chi connectivity index (χ3v) is 5.97. The van der Waals surface area contributed by atoms with Crippen molar-refractivity contribution in [3.8, 4) is 11.5 Å². The minimum atomic E-state index is -3.21. The van der Waals surface area contributed by atoms with Crippen LogP contribution in [0.15, 0.2) is 53.4 Å². The molecule has 3 rings (SSSR count). The highest BCUT2D eigenvalue weighted by Crippen LogP contribution is 2.32. The van der Waals surface area contributed by atoms with Crippen LogP contribution in [0.3, 0.4) is 0 Å². The van der Waals surface area contributed by atoms with E-state index in [2.05, 4.69) is 4.74 Å². The number of sulfone groups is 1. The molecule has 0 spiro atoms. The van der Waals surface area contributed by atoms with Crippen molar-refractivity contribution in [2.75, 3.05) is 12.9 Å². The van der Waals surface area contributed by atoms with E-state index < -0.39 is 9.84 Å². The van der Waals surface area contributed by atoms with Gasteiger partial charge in [-0.3, -0.25) is 4.79 Å². The molecule has 5 nitrogen and oxygen atoms in total. The molecule has 6 heteroatoms. The summed E-state index contributed by atoms with van der Waals surface area (Å²) in [4.78, 5) is 11.6. The van der Waals surface area contributed by atoms with E-state index in [0.717, 1.165) is 18.4 Å². The van der Waals surface area contributed by atoms with Crippen molar-refractivity contribution in [2.45, 2.75) is 24.2 Å². The average molecular weight is 360 g/mol. The van der Waals surface area contributed by atoms with Crippen molar-refractivity contribution in [1.29, 1.82) is 0 Å². The Morgan fingerprint density at radius 3 is 2.08 bits per heavy atom. The zero-order valence-corrected chi connectivity index (χ0v) is 14.8. The topological polar surface area (TPSA) is 69.7 Å². The van der Waals surface area contributed by atoms with E-state index in [1.807, 2.05) is 0 Å². The zero-order valence-electron chi connectivity index (χ0n) is 14.0. The molecule has 0 bridgehead atoms. The van der Waals surface area contributed by atoms with Gasteiger partial charge < -0.3 is 9.47 Å². The molecular weight excluding hydrogens is 340 g/mol. The van der Waals surface area contributed by atoms with E-state index in [9.17, 15) is 13.2 Å². The maximum atomic E-state index is 12.2. The molecule has 25 heavy (non-hydrogen) atoms. The summed E-state index contributed by atoms with van der Waals surface area (Å²) in [6, 6.07) is 13.6. The molecule has 1 saturated carbocycles. The van der Waals surface area contributed by atoms with Gasteiger partial charge in [0, 0.05) is 0 Å². The Hall–Kier alpha value is -2.34. The maximum absolute atomic E-state index is 12.2. The van der Waals surface area contributed by atoms with Gasteiger partial charge in [-0.15, -0.1) is 0 Å². The molecule has 0 amide bonds. The molecule has 2 aromatic rings. The van der Waals surface area contributed by atoms with Gasteiger partial charge in [0.1, 0.15) is 11.5 Å². The summed E-state index contributed by atoms with van der Waals surface area (Å²) in [5, 5.41) is 0. The SMILES string of the molecule is COC(=O)Cc1ccc(Oc2ccc(S(=O)(=O)CC3CC3)cc2)cc1. The Morgan fingerprint density at radius 2 is 1.56 bits per heavy atom. The summed E-state index contributed by atoms with van der Waals surface area (Å²) < 4.78 is 34.8. The van der Waals surface area contributed by atoms with Gasteiger partial charge in [0.2, 0.25) is 0 Å². The van der Waals surface area contributed by atoms with Gasteiger partial charge in [0.25, 0.3) is 0 Å². The molecule has 2 aromatic carbocycles. The van der Waals surface area contributed by atoms with E-state index in [-0.39, 0.29) is 18.1 Å². The van der Waals surface area contributed by atoms with Crippen LogP contribution in [-0.4, -0.2) is 27.2 Å². The van der Waals surface area contributed by atoms with Gasteiger partial charge >= 0.3 is 5.97 Å². The Balaban J connectivity index is 1.64. The molecule has 0 unspecified atom stereocenters. The Bertz CT molecular complexity index is 834. The normalized spacial score (nSPS) is 14.1. The van der Waals surface area contributed by atoms with Crippen molar-refractivity contribution in [1.82, 2.24) is 0 Å². The van der Waals surface area contributed by atoms with E-state index in [1.54, 1.807) is 48.5 Å². The predicted molar refractivity (Wildman–Crippen MR) is 93.5 cm³/mol. The lowest BCUT2D eigenvalue weighted by atomic mass is 10.1. The highest BCUT2D eigenvalue weighted by atomic mass is 32.2. The number of hydrogen-bond donors (Lipinski definition) is 0. The highest BCUT2D eigenvalue weighted by Gasteiger charge is 2.28. The van der Waals surface area contributed by atoms with Crippen LogP contribution in [0.5, 0.6) is 11.5 Å². The summed E-state index contributed by atoms with van der Waals surface area (Å²) in [7, 11) is -1.85. The monoisotopic (exact) mass is 360 g/mol. The van der Waals surface area contributed by atoms with Gasteiger partial charge in [0.05, 0.1) is 24.2 Å². The predicted octanol–water partition coefficient (Wildman–Crippen LogP) is 3.38. The maximum Gasteiger partial charge on any atom is 0.309 e. The van der Waals surface area contributed by atoms with Crippen molar-refractivity contribution >= 4 is 15.8 Å². The zero-order chi connectivity index (χ0) is 17.9. The first kappa shape index (κ1) is 17.5. The van der Waals surface area contributed by atoms with E-state index in [0.29, 0.717) is 22.3 Å². The summed E-state index contributed by atoms with van der Waals surface area (Å²) in [6.07, 6.45) is 2.23. The first-order valence-corrected chi connectivity index (χ1v) is 9.78. The van der Waals surface area contributed by atoms with Crippen LogP contribution in [0.4, 0.5) is 0 Å². The van der Waals surface area contributed by atoms with Gasteiger partial charge in [-0.1, -0.05) is 12.1 Å². The minimum absolute atomic E-state index is 0.213. The van der Waals surface area contributed by atoms with Gasteiger partial charge in [0.15, 0.2) is 9.84 Å². The summed E-state index contributed by atoms with van der Waals surface area (Å²) in [5.41, 5.74) is 0.834. The number of hydrogen-bond acceptors (Lipinski definition) is 5. The van der Waals surface area contributed by atoms with Crippen molar-refractivity contribution in [3.05, 3.63) is 54.1 Å². The van der Waals surface area contributed by atoms with Gasteiger partial charge in [-0.25, -0.2) is 8.42 Å². The standard InChI is InChI=1S/C19H20O5S/c1-23-19(20)12-14-4-6-16(7-5-14)24-17-8-10-18(11-9-17)25(21,22)13-15-2-3-15/h4-11,15H,2-3,12-13H2,1H3. The largest absolute Gasteiger partial charge is 0.469 e. The van der Waals surface area contributed by atoms with E-state index in [1.165, 1.54) is 7.11 Å². The lowest BCUT2D eigenvalue weighted by Gasteiger charge is -2.08. The first-order chi connectivity index (χ1) is 12.0. The van der Waals surface area contributed by atoms with Crippen LogP contribution < -0.4 is 4.74 Å². The summed E-state index contributed by atoms with van der Waals surface area (Å²) in [6.45, 7) is 0. The Morgan fingerprint density at radius 1 is 1.00 bits per heavy atom. The second-order valence-electron chi connectivity index (χ2n) is 6.20. The third-order valence-electron chi connectivity index (χ3n) is 4.07. The molecule has 0 aromatic heterocycles.